The Hall–Kier alpha value is -3.72. The Morgan fingerprint density at radius 1 is 1.07 bits per heavy atom. The van der Waals surface area contributed by atoms with Crippen LogP contribution in [0.25, 0.3) is 21.1 Å². The molecule has 6 rings (SSSR count). The van der Waals surface area contributed by atoms with E-state index in [4.69, 9.17) is 11.6 Å². The first-order valence-corrected chi connectivity index (χ1v) is 14.7. The summed E-state index contributed by atoms with van der Waals surface area (Å²) < 4.78 is 3.23. The van der Waals surface area contributed by atoms with Crippen molar-refractivity contribution >= 4 is 61.4 Å². The SMILES string of the molecule is CC1CCN(Cc2ccc3nc(NC(=O)N/N=C/c4cn(Cc5ccc(Cl)cc5)c5ccccc45)sc3c2)CC1. The lowest BCUT2D eigenvalue weighted by atomic mass is 9.99. The van der Waals surface area contributed by atoms with E-state index in [-0.39, 0.29) is 0 Å². The van der Waals surface area contributed by atoms with Crippen LogP contribution in [0, 0.1) is 5.92 Å². The van der Waals surface area contributed by atoms with Crippen molar-refractivity contribution in [3.05, 3.63) is 94.6 Å². The molecule has 1 aliphatic rings. The molecule has 2 amide bonds. The summed E-state index contributed by atoms with van der Waals surface area (Å²) in [5, 5.41) is 9.36. The van der Waals surface area contributed by atoms with E-state index in [1.807, 2.05) is 48.7 Å². The Bertz CT molecular complexity index is 1670. The van der Waals surface area contributed by atoms with E-state index < -0.39 is 6.03 Å². The Labute approximate surface area is 242 Å². The van der Waals surface area contributed by atoms with Crippen molar-refractivity contribution in [2.75, 3.05) is 18.4 Å². The number of carbonyl (C=O) groups is 1. The van der Waals surface area contributed by atoms with Gasteiger partial charge in [0.1, 0.15) is 0 Å². The maximum atomic E-state index is 12.6. The Morgan fingerprint density at radius 3 is 2.67 bits per heavy atom. The largest absolute Gasteiger partial charge is 0.342 e. The van der Waals surface area contributed by atoms with Crippen LogP contribution in [0.4, 0.5) is 9.93 Å². The van der Waals surface area contributed by atoms with Crippen LogP contribution in [-0.4, -0.2) is 39.8 Å². The monoisotopic (exact) mass is 570 g/mol. The molecule has 3 aromatic carbocycles. The number of likely N-dealkylation sites (tertiary alicyclic amines) is 1. The molecule has 1 saturated heterocycles. The fourth-order valence-corrected chi connectivity index (χ4v) is 6.23. The molecule has 9 heteroatoms. The molecule has 0 atom stereocenters. The van der Waals surface area contributed by atoms with E-state index >= 15 is 0 Å². The fraction of sp³-hybridized carbons (Fsp3) is 0.258. The number of benzene rings is 3. The average Bonchev–Trinajstić information content (AvgIpc) is 3.51. The Kier molecular flexibility index (Phi) is 7.82. The molecular formula is C31H31ClN6OS. The molecule has 3 heterocycles. The molecule has 1 aliphatic heterocycles. The number of aromatic nitrogens is 2. The van der Waals surface area contributed by atoms with Crippen LogP contribution in [0.3, 0.4) is 0 Å². The number of hydrogen-bond donors (Lipinski definition) is 2. The number of hydrazone groups is 1. The van der Waals surface area contributed by atoms with Crippen molar-refractivity contribution in [1.82, 2.24) is 19.9 Å². The van der Waals surface area contributed by atoms with Crippen molar-refractivity contribution in [2.45, 2.75) is 32.9 Å². The Balaban J connectivity index is 1.09. The maximum Gasteiger partial charge on any atom is 0.341 e. The number of urea groups is 1. The van der Waals surface area contributed by atoms with Crippen LogP contribution in [0.1, 0.15) is 36.5 Å². The predicted molar refractivity (Wildman–Crippen MR) is 166 cm³/mol. The topological polar surface area (TPSA) is 74.6 Å². The number of hydrogen-bond acceptors (Lipinski definition) is 5. The third kappa shape index (κ3) is 6.20. The fourth-order valence-electron chi connectivity index (χ4n) is 5.18. The molecule has 0 spiro atoms. The standard InChI is InChI=1S/C31H31ClN6OS/c1-21-12-14-37(15-13-21)18-23-8-11-27-29(16-23)40-31(34-27)35-30(39)36-33-17-24-20-38(28-5-3-2-4-26(24)28)19-22-6-9-25(32)10-7-22/h2-11,16-17,20-21H,12-15,18-19H2,1H3,(H2,34,35,36,39)/b33-17+. The molecule has 0 saturated carbocycles. The van der Waals surface area contributed by atoms with E-state index in [9.17, 15) is 4.79 Å². The van der Waals surface area contributed by atoms with E-state index in [2.05, 4.69) is 61.5 Å². The second kappa shape index (κ2) is 11.8. The van der Waals surface area contributed by atoms with Crippen molar-refractivity contribution in [1.29, 1.82) is 0 Å². The second-order valence-electron chi connectivity index (χ2n) is 10.5. The zero-order chi connectivity index (χ0) is 27.5. The van der Waals surface area contributed by atoms with Crippen LogP contribution in [0.5, 0.6) is 0 Å². The average molecular weight is 571 g/mol. The van der Waals surface area contributed by atoms with Crippen LogP contribution >= 0.6 is 22.9 Å². The lowest BCUT2D eigenvalue weighted by Gasteiger charge is -2.30. The van der Waals surface area contributed by atoms with Crippen LogP contribution in [0.15, 0.2) is 78.0 Å². The van der Waals surface area contributed by atoms with Crippen LogP contribution < -0.4 is 10.7 Å². The number of piperidine rings is 1. The van der Waals surface area contributed by atoms with Crippen LogP contribution in [0.2, 0.25) is 5.02 Å². The molecule has 5 aromatic rings. The molecular weight excluding hydrogens is 540 g/mol. The van der Waals surface area contributed by atoms with Gasteiger partial charge in [0.15, 0.2) is 5.13 Å². The van der Waals surface area contributed by atoms with E-state index in [1.54, 1.807) is 6.21 Å². The number of para-hydroxylation sites is 1. The minimum Gasteiger partial charge on any atom is -0.342 e. The van der Waals surface area contributed by atoms with Gasteiger partial charge < -0.3 is 4.57 Å². The normalized spacial score (nSPS) is 14.8. The number of anilines is 1. The summed E-state index contributed by atoms with van der Waals surface area (Å²) in [5.41, 5.74) is 7.90. The van der Waals surface area contributed by atoms with Crippen molar-refractivity contribution in [3.8, 4) is 0 Å². The van der Waals surface area contributed by atoms with Crippen molar-refractivity contribution in [2.24, 2.45) is 11.0 Å². The third-order valence-corrected chi connectivity index (χ3v) is 8.60. The highest BCUT2D eigenvalue weighted by molar-refractivity contribution is 7.22. The molecule has 2 aromatic heterocycles. The number of carbonyl (C=O) groups excluding carboxylic acids is 1. The second-order valence-corrected chi connectivity index (χ2v) is 11.9. The summed E-state index contributed by atoms with van der Waals surface area (Å²) in [6, 6.07) is 21.9. The van der Waals surface area contributed by atoms with Gasteiger partial charge in [-0.25, -0.2) is 15.2 Å². The van der Waals surface area contributed by atoms with E-state index in [1.165, 1.54) is 29.7 Å². The smallest absolute Gasteiger partial charge is 0.341 e. The highest BCUT2D eigenvalue weighted by Gasteiger charge is 2.16. The summed E-state index contributed by atoms with van der Waals surface area (Å²) in [5.74, 6) is 0.824. The third-order valence-electron chi connectivity index (χ3n) is 7.41. The number of thiazole rings is 1. The van der Waals surface area contributed by atoms with Gasteiger partial charge >= 0.3 is 6.03 Å². The lowest BCUT2D eigenvalue weighted by Crippen LogP contribution is -2.32. The molecule has 0 aliphatic carbocycles. The summed E-state index contributed by atoms with van der Waals surface area (Å²) in [4.78, 5) is 19.7. The summed E-state index contributed by atoms with van der Waals surface area (Å²) in [6.45, 7) is 6.29. The quantitative estimate of drug-likeness (QED) is 0.159. The van der Waals surface area contributed by atoms with Crippen molar-refractivity contribution < 1.29 is 4.79 Å². The number of amides is 2. The minimum absolute atomic E-state index is 0.428. The number of fused-ring (bicyclic) bond motifs is 2. The van der Waals surface area contributed by atoms with Crippen molar-refractivity contribution in [3.63, 3.8) is 0 Å². The predicted octanol–water partition coefficient (Wildman–Crippen LogP) is 7.34. The molecule has 0 bridgehead atoms. The van der Waals surface area contributed by atoms with Gasteiger partial charge in [0.05, 0.1) is 16.4 Å². The summed E-state index contributed by atoms with van der Waals surface area (Å²) in [6.07, 6.45) is 6.24. The zero-order valence-corrected chi connectivity index (χ0v) is 23.9. The summed E-state index contributed by atoms with van der Waals surface area (Å²) >= 11 is 7.52. The number of halogens is 1. The van der Waals surface area contributed by atoms with Crippen LogP contribution in [-0.2, 0) is 13.1 Å². The number of rotatable bonds is 7. The molecule has 7 nitrogen and oxygen atoms in total. The van der Waals surface area contributed by atoms with Gasteiger partial charge in [0, 0.05) is 40.8 Å². The van der Waals surface area contributed by atoms with E-state index in [0.717, 1.165) is 62.8 Å². The molecule has 1 fully saturated rings. The summed E-state index contributed by atoms with van der Waals surface area (Å²) in [7, 11) is 0. The molecule has 204 valence electrons. The van der Waals surface area contributed by atoms with Gasteiger partial charge in [-0.05, 0) is 73.3 Å². The highest BCUT2D eigenvalue weighted by Crippen LogP contribution is 2.28. The number of nitrogens with one attached hydrogen (secondary N) is 2. The highest BCUT2D eigenvalue weighted by atomic mass is 35.5. The maximum absolute atomic E-state index is 12.6. The van der Waals surface area contributed by atoms with E-state index in [0.29, 0.717) is 11.7 Å². The molecule has 0 radical (unpaired) electrons. The van der Waals surface area contributed by atoms with Gasteiger partial charge in [-0.1, -0.05) is 66.3 Å². The van der Waals surface area contributed by atoms with Gasteiger partial charge in [-0.2, -0.15) is 5.10 Å². The zero-order valence-electron chi connectivity index (χ0n) is 22.3. The number of nitrogens with zero attached hydrogens (tertiary/aromatic N) is 4. The first kappa shape index (κ1) is 26.5. The van der Waals surface area contributed by atoms with Gasteiger partial charge in [-0.3, -0.25) is 10.2 Å². The van der Waals surface area contributed by atoms with Gasteiger partial charge in [-0.15, -0.1) is 0 Å². The van der Waals surface area contributed by atoms with Gasteiger partial charge in [0.25, 0.3) is 0 Å². The minimum atomic E-state index is -0.428. The van der Waals surface area contributed by atoms with Gasteiger partial charge in [0.2, 0.25) is 0 Å². The molecule has 40 heavy (non-hydrogen) atoms. The Morgan fingerprint density at radius 2 is 1.85 bits per heavy atom. The molecule has 0 unspecified atom stereocenters. The molecule has 2 N–H and O–H groups in total. The first-order valence-electron chi connectivity index (χ1n) is 13.5. The lowest BCUT2D eigenvalue weighted by molar-refractivity contribution is 0.185. The first-order chi connectivity index (χ1) is 19.5.